The monoisotopic (exact) mass is 338 g/mol. The number of hydrogen-bond donors (Lipinski definition) is 2. The van der Waals surface area contributed by atoms with Crippen LogP contribution in [0, 0.1) is 5.92 Å². The SMILES string of the molecule is O=C(C[C@@H]1CCCC[C@H]1O)NCC1(N2CCOCC2)CCCCC1. The average Bonchev–Trinajstić information content (AvgIpc) is 2.63. The lowest BCUT2D eigenvalue weighted by Crippen LogP contribution is -2.59. The topological polar surface area (TPSA) is 61.8 Å². The smallest absolute Gasteiger partial charge is 0.220 e. The lowest BCUT2D eigenvalue weighted by molar-refractivity contribution is -0.124. The van der Waals surface area contributed by atoms with Crippen LogP contribution in [0.4, 0.5) is 0 Å². The van der Waals surface area contributed by atoms with Crippen LogP contribution < -0.4 is 5.32 Å². The van der Waals surface area contributed by atoms with Crippen molar-refractivity contribution in [3.8, 4) is 0 Å². The molecule has 3 rings (SSSR count). The summed E-state index contributed by atoms with van der Waals surface area (Å²) in [5, 5.41) is 13.3. The van der Waals surface area contributed by atoms with E-state index in [-0.39, 0.29) is 23.5 Å². The molecule has 3 fully saturated rings. The molecule has 0 aromatic rings. The zero-order chi connectivity index (χ0) is 16.8. The zero-order valence-corrected chi connectivity index (χ0v) is 15.0. The van der Waals surface area contributed by atoms with Crippen LogP contribution in [0.5, 0.6) is 0 Å². The van der Waals surface area contributed by atoms with Gasteiger partial charge in [0.2, 0.25) is 5.91 Å². The van der Waals surface area contributed by atoms with Gasteiger partial charge in [-0.25, -0.2) is 0 Å². The van der Waals surface area contributed by atoms with Crippen LogP contribution in [0.25, 0.3) is 0 Å². The Labute approximate surface area is 146 Å². The van der Waals surface area contributed by atoms with Gasteiger partial charge in [0, 0.05) is 31.6 Å². The molecule has 0 aromatic carbocycles. The van der Waals surface area contributed by atoms with Gasteiger partial charge >= 0.3 is 0 Å². The number of ether oxygens (including phenoxy) is 1. The second-order valence-electron chi connectivity index (χ2n) is 7.98. The van der Waals surface area contributed by atoms with E-state index in [0.29, 0.717) is 6.42 Å². The van der Waals surface area contributed by atoms with E-state index in [2.05, 4.69) is 10.2 Å². The zero-order valence-electron chi connectivity index (χ0n) is 15.0. The van der Waals surface area contributed by atoms with E-state index in [1.165, 1.54) is 32.1 Å². The molecule has 1 amide bonds. The lowest BCUT2D eigenvalue weighted by atomic mass is 9.79. The predicted molar refractivity (Wildman–Crippen MR) is 93.8 cm³/mol. The summed E-state index contributed by atoms with van der Waals surface area (Å²) in [4.78, 5) is 15.0. The Morgan fingerprint density at radius 2 is 1.79 bits per heavy atom. The van der Waals surface area contributed by atoms with Crippen molar-refractivity contribution in [3.05, 3.63) is 0 Å². The van der Waals surface area contributed by atoms with Gasteiger partial charge < -0.3 is 15.2 Å². The van der Waals surface area contributed by atoms with E-state index in [9.17, 15) is 9.90 Å². The molecule has 1 aliphatic heterocycles. The minimum atomic E-state index is -0.285. The molecule has 0 aromatic heterocycles. The number of aliphatic hydroxyl groups is 1. The fourth-order valence-electron chi connectivity index (χ4n) is 4.85. The largest absolute Gasteiger partial charge is 0.393 e. The Kier molecular flexibility index (Phi) is 6.53. The number of nitrogens with zero attached hydrogens (tertiary/aromatic N) is 1. The summed E-state index contributed by atoms with van der Waals surface area (Å²) >= 11 is 0. The first-order valence-electron chi connectivity index (χ1n) is 9.97. The number of hydrogen-bond acceptors (Lipinski definition) is 4. The highest BCUT2D eigenvalue weighted by atomic mass is 16.5. The molecule has 0 unspecified atom stereocenters. The maximum absolute atomic E-state index is 12.5. The first-order valence-corrected chi connectivity index (χ1v) is 9.97. The average molecular weight is 338 g/mol. The second-order valence-corrected chi connectivity index (χ2v) is 7.98. The van der Waals surface area contributed by atoms with E-state index in [1.807, 2.05) is 0 Å². The van der Waals surface area contributed by atoms with Crippen molar-refractivity contribution in [3.63, 3.8) is 0 Å². The van der Waals surface area contributed by atoms with Crippen molar-refractivity contribution in [2.75, 3.05) is 32.8 Å². The quantitative estimate of drug-likeness (QED) is 0.806. The van der Waals surface area contributed by atoms with Gasteiger partial charge in [-0.15, -0.1) is 0 Å². The van der Waals surface area contributed by atoms with Gasteiger partial charge in [-0.3, -0.25) is 9.69 Å². The van der Waals surface area contributed by atoms with Crippen LogP contribution in [-0.4, -0.2) is 60.4 Å². The van der Waals surface area contributed by atoms with E-state index >= 15 is 0 Å². The number of amides is 1. The summed E-state index contributed by atoms with van der Waals surface area (Å²) in [6.07, 6.45) is 10.5. The van der Waals surface area contributed by atoms with E-state index in [4.69, 9.17) is 4.74 Å². The molecule has 0 bridgehead atoms. The molecular formula is C19H34N2O3. The standard InChI is InChI=1S/C19H34N2O3/c22-17-7-3-2-6-16(17)14-18(23)20-15-19(8-4-1-5-9-19)21-10-12-24-13-11-21/h16-17,22H,1-15H2,(H,20,23)/t16-,17+/m0/s1. The molecule has 0 radical (unpaired) electrons. The van der Waals surface area contributed by atoms with Crippen LogP contribution in [0.15, 0.2) is 0 Å². The van der Waals surface area contributed by atoms with Gasteiger partial charge in [-0.1, -0.05) is 32.1 Å². The summed E-state index contributed by atoms with van der Waals surface area (Å²) in [7, 11) is 0. The van der Waals surface area contributed by atoms with Crippen molar-refractivity contribution >= 4 is 5.91 Å². The highest BCUT2D eigenvalue weighted by Gasteiger charge is 2.39. The first kappa shape index (κ1) is 18.2. The molecule has 5 heteroatoms. The van der Waals surface area contributed by atoms with Gasteiger partial charge in [0.05, 0.1) is 19.3 Å². The molecule has 2 atom stereocenters. The van der Waals surface area contributed by atoms with Gasteiger partial charge in [0.1, 0.15) is 0 Å². The Hall–Kier alpha value is -0.650. The molecule has 5 nitrogen and oxygen atoms in total. The molecule has 1 saturated heterocycles. The lowest BCUT2D eigenvalue weighted by Gasteiger charge is -2.48. The maximum Gasteiger partial charge on any atom is 0.220 e. The third kappa shape index (κ3) is 4.50. The van der Waals surface area contributed by atoms with Crippen LogP contribution in [0.2, 0.25) is 0 Å². The number of carbonyl (C=O) groups is 1. The summed E-state index contributed by atoms with van der Waals surface area (Å²) in [6.45, 7) is 4.34. The van der Waals surface area contributed by atoms with E-state index in [1.54, 1.807) is 0 Å². The Morgan fingerprint density at radius 1 is 1.08 bits per heavy atom. The van der Waals surface area contributed by atoms with Crippen LogP contribution in [0.3, 0.4) is 0 Å². The third-order valence-corrected chi connectivity index (χ3v) is 6.40. The molecule has 3 aliphatic rings. The van der Waals surface area contributed by atoms with Crippen molar-refractivity contribution in [2.24, 2.45) is 5.92 Å². The second kappa shape index (κ2) is 8.63. The molecule has 0 spiro atoms. The molecule has 24 heavy (non-hydrogen) atoms. The summed E-state index contributed by atoms with van der Waals surface area (Å²) in [5.41, 5.74) is 0.128. The van der Waals surface area contributed by atoms with Crippen molar-refractivity contribution in [1.82, 2.24) is 10.2 Å². The molecule has 138 valence electrons. The number of carbonyl (C=O) groups excluding carboxylic acids is 1. The Morgan fingerprint density at radius 3 is 2.50 bits per heavy atom. The number of rotatable bonds is 5. The van der Waals surface area contributed by atoms with Crippen LogP contribution in [-0.2, 0) is 9.53 Å². The number of nitrogens with one attached hydrogen (secondary N) is 1. The predicted octanol–water partition coefficient (Wildman–Crippen LogP) is 2.08. The van der Waals surface area contributed by atoms with E-state index < -0.39 is 0 Å². The van der Waals surface area contributed by atoms with Crippen LogP contribution in [0.1, 0.15) is 64.2 Å². The number of aliphatic hydroxyl groups excluding tert-OH is 1. The third-order valence-electron chi connectivity index (χ3n) is 6.40. The molecule has 2 saturated carbocycles. The van der Waals surface area contributed by atoms with Crippen molar-refractivity contribution in [2.45, 2.75) is 75.9 Å². The Bertz CT molecular complexity index is 403. The minimum Gasteiger partial charge on any atom is -0.393 e. The van der Waals surface area contributed by atoms with Crippen molar-refractivity contribution < 1.29 is 14.6 Å². The minimum absolute atomic E-state index is 0.124. The van der Waals surface area contributed by atoms with Gasteiger partial charge in [0.25, 0.3) is 0 Å². The molecule has 2 N–H and O–H groups in total. The number of morpholine rings is 1. The fraction of sp³-hybridized carbons (Fsp3) is 0.947. The molecule has 2 aliphatic carbocycles. The molecule has 1 heterocycles. The summed E-state index contributed by atoms with van der Waals surface area (Å²) < 4.78 is 5.52. The normalized spacial score (nSPS) is 31.5. The first-order chi connectivity index (χ1) is 11.7. The molecular weight excluding hydrogens is 304 g/mol. The van der Waals surface area contributed by atoms with Crippen LogP contribution >= 0.6 is 0 Å². The Balaban J connectivity index is 1.53. The highest BCUT2D eigenvalue weighted by molar-refractivity contribution is 5.76. The summed E-state index contributed by atoms with van der Waals surface area (Å²) in [6, 6.07) is 0. The summed E-state index contributed by atoms with van der Waals surface area (Å²) in [5.74, 6) is 0.281. The highest BCUT2D eigenvalue weighted by Crippen LogP contribution is 2.34. The fourth-order valence-corrected chi connectivity index (χ4v) is 4.85. The van der Waals surface area contributed by atoms with Gasteiger partial charge in [-0.2, -0.15) is 0 Å². The van der Waals surface area contributed by atoms with E-state index in [0.717, 1.165) is 58.5 Å². The van der Waals surface area contributed by atoms with Gasteiger partial charge in [0.15, 0.2) is 0 Å². The maximum atomic E-state index is 12.5. The van der Waals surface area contributed by atoms with Gasteiger partial charge in [-0.05, 0) is 31.6 Å². The van der Waals surface area contributed by atoms with Crippen molar-refractivity contribution in [1.29, 1.82) is 0 Å².